The molecule has 1 aromatic carbocycles. The number of fused-ring (bicyclic) bond motifs is 1. The van der Waals surface area contributed by atoms with E-state index in [1.807, 2.05) is 23.7 Å². The predicted molar refractivity (Wildman–Crippen MR) is 137 cm³/mol. The molecule has 2 aromatic heterocycles. The molecule has 0 aliphatic carbocycles. The zero-order chi connectivity index (χ0) is 24.0. The number of unbranched alkanes of at least 4 members (excludes halogenated alkanes) is 1. The van der Waals surface area contributed by atoms with Gasteiger partial charge in [0.1, 0.15) is 11.9 Å². The lowest BCUT2D eigenvalue weighted by atomic mass is 9.74. The van der Waals surface area contributed by atoms with Crippen LogP contribution in [0.5, 0.6) is 5.75 Å². The standard InChI is InChI=1S/C26H33ClFN3O2S/c1-33-19-5-6-23-20(16-19)25(21(27)17-30-23)22(28)7-8-26(18-32)9-13-31(14-10-26)12-3-2-4-24-29-11-15-34-24/h5-6,11,15-17,22,32H,2-4,7-10,12-14,18H2,1H3/t22-/m1/s1. The van der Waals surface area contributed by atoms with Crippen molar-refractivity contribution in [2.75, 3.05) is 33.4 Å². The number of aliphatic hydroxyl groups excluding tert-OH is 1. The Morgan fingerprint density at radius 3 is 2.79 bits per heavy atom. The predicted octanol–water partition coefficient (Wildman–Crippen LogP) is 6.24. The molecule has 0 amide bonds. The average Bonchev–Trinajstić information content (AvgIpc) is 3.39. The fourth-order valence-electron chi connectivity index (χ4n) is 4.92. The molecular weight excluding hydrogens is 473 g/mol. The lowest BCUT2D eigenvalue weighted by Crippen LogP contribution is -2.42. The van der Waals surface area contributed by atoms with Gasteiger partial charge >= 0.3 is 0 Å². The lowest BCUT2D eigenvalue weighted by Gasteiger charge is -2.41. The summed E-state index contributed by atoms with van der Waals surface area (Å²) in [6.45, 7) is 3.06. The molecule has 1 aliphatic rings. The van der Waals surface area contributed by atoms with Gasteiger partial charge in [-0.2, -0.15) is 0 Å². The zero-order valence-electron chi connectivity index (χ0n) is 19.7. The molecule has 0 spiro atoms. The first-order chi connectivity index (χ1) is 16.5. The Morgan fingerprint density at radius 1 is 1.26 bits per heavy atom. The minimum Gasteiger partial charge on any atom is -0.497 e. The van der Waals surface area contributed by atoms with Crippen molar-refractivity contribution in [3.63, 3.8) is 0 Å². The molecule has 0 bridgehead atoms. The van der Waals surface area contributed by atoms with Crippen LogP contribution in [0.2, 0.25) is 5.02 Å². The quantitative estimate of drug-likeness (QED) is 0.312. The zero-order valence-corrected chi connectivity index (χ0v) is 21.3. The highest BCUT2D eigenvalue weighted by atomic mass is 35.5. The minimum atomic E-state index is -1.22. The topological polar surface area (TPSA) is 58.5 Å². The normalized spacial score (nSPS) is 17.2. The molecule has 1 atom stereocenters. The van der Waals surface area contributed by atoms with E-state index in [2.05, 4.69) is 14.9 Å². The van der Waals surface area contributed by atoms with Crippen LogP contribution < -0.4 is 4.74 Å². The van der Waals surface area contributed by atoms with Crippen LogP contribution in [0.25, 0.3) is 10.9 Å². The van der Waals surface area contributed by atoms with E-state index in [0.29, 0.717) is 40.1 Å². The van der Waals surface area contributed by atoms with Crippen molar-refractivity contribution in [2.45, 2.75) is 51.1 Å². The SMILES string of the molecule is COc1ccc2ncc(Cl)c([C@H](F)CCC3(CO)CCN(CCCCc4nccs4)CC3)c2c1. The van der Waals surface area contributed by atoms with Crippen LogP contribution >= 0.6 is 22.9 Å². The Morgan fingerprint density at radius 2 is 2.09 bits per heavy atom. The molecular formula is C26H33ClFN3O2S. The highest BCUT2D eigenvalue weighted by molar-refractivity contribution is 7.09. The van der Waals surface area contributed by atoms with Gasteiger partial charge in [-0.15, -0.1) is 11.3 Å². The van der Waals surface area contributed by atoms with E-state index in [0.717, 1.165) is 51.7 Å². The van der Waals surface area contributed by atoms with E-state index < -0.39 is 6.17 Å². The number of aliphatic hydroxyl groups is 1. The highest BCUT2D eigenvalue weighted by Gasteiger charge is 2.35. The fraction of sp³-hybridized carbons (Fsp3) is 0.538. The molecule has 0 saturated carbocycles. The van der Waals surface area contributed by atoms with Crippen LogP contribution in [0.15, 0.2) is 36.0 Å². The first-order valence-electron chi connectivity index (χ1n) is 12.0. The summed E-state index contributed by atoms with van der Waals surface area (Å²) in [7, 11) is 1.59. The molecule has 0 radical (unpaired) electrons. The summed E-state index contributed by atoms with van der Waals surface area (Å²) in [6, 6.07) is 5.43. The van der Waals surface area contributed by atoms with E-state index in [9.17, 15) is 5.11 Å². The number of pyridine rings is 1. The summed E-state index contributed by atoms with van der Waals surface area (Å²) in [4.78, 5) is 11.2. The number of ether oxygens (including phenoxy) is 1. The third kappa shape index (κ3) is 6.06. The second-order valence-electron chi connectivity index (χ2n) is 9.29. The number of methoxy groups -OCH3 is 1. The Bertz CT molecular complexity index is 1060. The first kappa shape index (κ1) is 25.3. The van der Waals surface area contributed by atoms with Gasteiger partial charge < -0.3 is 14.7 Å². The summed E-state index contributed by atoms with van der Waals surface area (Å²) in [5.41, 5.74) is 0.938. The molecule has 1 aliphatic heterocycles. The number of likely N-dealkylation sites (tertiary alicyclic amines) is 1. The van der Waals surface area contributed by atoms with Gasteiger partial charge in [0, 0.05) is 35.3 Å². The van der Waals surface area contributed by atoms with Crippen molar-refractivity contribution in [1.29, 1.82) is 0 Å². The van der Waals surface area contributed by atoms with Crippen LogP contribution in [0.4, 0.5) is 4.39 Å². The van der Waals surface area contributed by atoms with Crippen LogP contribution in [-0.4, -0.2) is 53.3 Å². The molecule has 5 nitrogen and oxygen atoms in total. The van der Waals surface area contributed by atoms with E-state index in [4.69, 9.17) is 16.3 Å². The number of aryl methyl sites for hydroxylation is 1. The second kappa shape index (κ2) is 11.8. The molecule has 0 unspecified atom stereocenters. The number of alkyl halides is 1. The number of benzene rings is 1. The van der Waals surface area contributed by atoms with E-state index in [1.165, 1.54) is 11.2 Å². The molecule has 1 fully saturated rings. The van der Waals surface area contributed by atoms with Crippen molar-refractivity contribution >= 4 is 33.8 Å². The largest absolute Gasteiger partial charge is 0.497 e. The molecule has 1 N–H and O–H groups in total. The van der Waals surface area contributed by atoms with Crippen LogP contribution in [-0.2, 0) is 6.42 Å². The molecule has 184 valence electrons. The van der Waals surface area contributed by atoms with Gasteiger partial charge in [-0.1, -0.05) is 11.6 Å². The van der Waals surface area contributed by atoms with Crippen LogP contribution in [0.1, 0.15) is 55.3 Å². The van der Waals surface area contributed by atoms with Gasteiger partial charge in [0.15, 0.2) is 0 Å². The van der Waals surface area contributed by atoms with Gasteiger partial charge in [0.05, 0.1) is 22.7 Å². The number of rotatable bonds is 11. The van der Waals surface area contributed by atoms with Crippen molar-refractivity contribution in [1.82, 2.24) is 14.9 Å². The van der Waals surface area contributed by atoms with Gasteiger partial charge in [0.25, 0.3) is 0 Å². The second-order valence-corrected chi connectivity index (χ2v) is 10.7. The molecule has 4 rings (SSSR count). The summed E-state index contributed by atoms with van der Waals surface area (Å²) >= 11 is 8.11. The molecule has 34 heavy (non-hydrogen) atoms. The van der Waals surface area contributed by atoms with Gasteiger partial charge in [-0.05, 0) is 88.2 Å². The number of hydrogen-bond donors (Lipinski definition) is 1. The Hall–Kier alpha value is -1.80. The highest BCUT2D eigenvalue weighted by Crippen LogP contribution is 2.41. The molecule has 1 saturated heterocycles. The first-order valence-corrected chi connectivity index (χ1v) is 13.3. The van der Waals surface area contributed by atoms with Gasteiger partial charge in [-0.3, -0.25) is 4.98 Å². The van der Waals surface area contributed by atoms with Crippen LogP contribution in [0, 0.1) is 5.41 Å². The Balaban J connectivity index is 1.31. The van der Waals surface area contributed by atoms with Crippen LogP contribution in [0.3, 0.4) is 0 Å². The Kier molecular flexibility index (Phi) is 8.75. The van der Waals surface area contributed by atoms with E-state index >= 15 is 4.39 Å². The number of hydrogen-bond acceptors (Lipinski definition) is 6. The number of thiazole rings is 1. The lowest BCUT2D eigenvalue weighted by molar-refractivity contribution is 0.0298. The Labute approximate surface area is 209 Å². The van der Waals surface area contributed by atoms with Gasteiger partial charge in [-0.25, -0.2) is 9.37 Å². The number of aromatic nitrogens is 2. The maximum atomic E-state index is 15.6. The summed E-state index contributed by atoms with van der Waals surface area (Å²) < 4.78 is 20.9. The number of nitrogens with zero attached hydrogens (tertiary/aromatic N) is 3. The number of halogens is 2. The summed E-state index contributed by atoms with van der Waals surface area (Å²) in [6.07, 6.45) is 8.23. The summed E-state index contributed by atoms with van der Waals surface area (Å²) in [5.74, 6) is 0.649. The number of piperidine rings is 1. The van der Waals surface area contributed by atoms with E-state index in [-0.39, 0.29) is 12.0 Å². The monoisotopic (exact) mass is 505 g/mol. The molecule has 3 heterocycles. The average molecular weight is 506 g/mol. The summed E-state index contributed by atoms with van der Waals surface area (Å²) in [5, 5.41) is 14.5. The third-order valence-electron chi connectivity index (χ3n) is 7.16. The van der Waals surface area contributed by atoms with Crippen molar-refractivity contribution in [3.05, 3.63) is 51.6 Å². The maximum absolute atomic E-state index is 15.6. The van der Waals surface area contributed by atoms with Gasteiger partial charge in [0.2, 0.25) is 0 Å². The molecule has 3 aromatic rings. The van der Waals surface area contributed by atoms with Crippen molar-refractivity contribution in [2.24, 2.45) is 5.41 Å². The van der Waals surface area contributed by atoms with Crippen molar-refractivity contribution in [3.8, 4) is 5.75 Å². The third-order valence-corrected chi connectivity index (χ3v) is 8.30. The fourth-order valence-corrected chi connectivity index (χ4v) is 5.85. The smallest absolute Gasteiger partial charge is 0.127 e. The molecule has 8 heteroatoms. The van der Waals surface area contributed by atoms with E-state index in [1.54, 1.807) is 24.5 Å². The maximum Gasteiger partial charge on any atom is 0.127 e. The minimum absolute atomic E-state index is 0.0935. The van der Waals surface area contributed by atoms with Crippen molar-refractivity contribution < 1.29 is 14.2 Å².